The van der Waals surface area contributed by atoms with Gasteiger partial charge in [-0.15, -0.1) is 4.68 Å². The summed E-state index contributed by atoms with van der Waals surface area (Å²) >= 11 is 3.59. The minimum absolute atomic E-state index is 0.0540. The number of anilines is 1. The molecule has 0 aliphatic heterocycles. The number of aromatic amines is 1. The van der Waals surface area contributed by atoms with Gasteiger partial charge in [-0.1, -0.05) is 30.3 Å². The van der Waals surface area contributed by atoms with Gasteiger partial charge in [-0.3, -0.25) is 4.79 Å². The van der Waals surface area contributed by atoms with E-state index in [4.69, 9.17) is 0 Å². The monoisotopic (exact) mass is 437 g/mol. The molecule has 0 saturated heterocycles. The molecule has 0 saturated carbocycles. The molecule has 0 atom stereocenters. The topological polar surface area (TPSA) is 61.7 Å². The van der Waals surface area contributed by atoms with Crippen molar-refractivity contribution in [3.63, 3.8) is 0 Å². The molecule has 0 unspecified atom stereocenters. The largest absolute Gasteiger partial charge is 0.385 e. The van der Waals surface area contributed by atoms with Crippen molar-refractivity contribution in [1.82, 2.24) is 10.1 Å². The van der Waals surface area contributed by atoms with Crippen molar-refractivity contribution in [1.29, 1.82) is 0 Å². The maximum Gasteiger partial charge on any atom is 0.385 e. The first-order chi connectivity index (χ1) is 11.2. The van der Waals surface area contributed by atoms with Crippen molar-refractivity contribution in [3.8, 4) is 5.69 Å². The zero-order chi connectivity index (χ0) is 16.1. The summed E-state index contributed by atoms with van der Waals surface area (Å²) in [5, 5.41) is 6.72. The Balaban J connectivity index is 1.64. The third kappa shape index (κ3) is 4.11. The molecule has 7 heteroatoms. The molecule has 1 amide bonds. The van der Waals surface area contributed by atoms with E-state index in [0.717, 1.165) is 20.1 Å². The van der Waals surface area contributed by atoms with E-state index >= 15 is 0 Å². The Hall–Kier alpha value is -1.87. The summed E-state index contributed by atoms with van der Waals surface area (Å²) in [4.78, 5) is 16.4. The van der Waals surface area contributed by atoms with Crippen LogP contribution in [-0.4, -0.2) is 21.7 Å². The number of amides is 1. The molecule has 0 spiro atoms. The molecular formula is C16H14IN4OS+. The van der Waals surface area contributed by atoms with Crippen molar-refractivity contribution < 1.29 is 9.48 Å². The number of hydrogen-bond donors (Lipinski definition) is 2. The van der Waals surface area contributed by atoms with Crippen LogP contribution >= 0.6 is 34.4 Å². The van der Waals surface area contributed by atoms with Gasteiger partial charge < -0.3 is 5.32 Å². The highest BCUT2D eigenvalue weighted by Crippen LogP contribution is 2.18. The van der Waals surface area contributed by atoms with E-state index in [9.17, 15) is 4.79 Å². The lowest BCUT2D eigenvalue weighted by Crippen LogP contribution is -2.35. The van der Waals surface area contributed by atoms with Gasteiger partial charge in [0.05, 0.1) is 11.4 Å². The van der Waals surface area contributed by atoms with Crippen molar-refractivity contribution in [2.75, 3.05) is 11.1 Å². The van der Waals surface area contributed by atoms with E-state index < -0.39 is 0 Å². The second-order valence-electron chi connectivity index (χ2n) is 4.66. The minimum atomic E-state index is -0.0540. The maximum absolute atomic E-state index is 12.1. The highest BCUT2D eigenvalue weighted by atomic mass is 127. The fraction of sp³-hybridized carbons (Fsp3) is 0.0625. The highest BCUT2D eigenvalue weighted by Gasteiger charge is 2.18. The average molecular weight is 437 g/mol. The predicted octanol–water partition coefficient (Wildman–Crippen LogP) is 3.02. The molecule has 0 aliphatic carbocycles. The SMILES string of the molecule is O=C(CSc1nc[nH][n+]1-c1ccccc1)Nc1ccccc1I. The molecule has 2 N–H and O–H groups in total. The Kier molecular flexibility index (Phi) is 5.29. The molecule has 1 heterocycles. The van der Waals surface area contributed by atoms with Gasteiger partial charge >= 0.3 is 5.16 Å². The van der Waals surface area contributed by atoms with Crippen molar-refractivity contribution in [2.24, 2.45) is 0 Å². The first kappa shape index (κ1) is 16.0. The predicted molar refractivity (Wildman–Crippen MR) is 98.6 cm³/mol. The Morgan fingerprint density at radius 2 is 1.91 bits per heavy atom. The van der Waals surface area contributed by atoms with Crippen molar-refractivity contribution >= 4 is 45.9 Å². The van der Waals surface area contributed by atoms with Gasteiger partial charge in [0.25, 0.3) is 0 Å². The van der Waals surface area contributed by atoms with Crippen LogP contribution in [0.2, 0.25) is 0 Å². The van der Waals surface area contributed by atoms with Crippen LogP contribution in [0.4, 0.5) is 5.69 Å². The summed E-state index contributed by atoms with van der Waals surface area (Å²) in [5.74, 6) is 0.240. The van der Waals surface area contributed by atoms with Gasteiger partial charge in [0.2, 0.25) is 12.2 Å². The van der Waals surface area contributed by atoms with Crippen LogP contribution in [0, 0.1) is 3.57 Å². The first-order valence-corrected chi connectivity index (χ1v) is 8.98. The van der Waals surface area contributed by atoms with Gasteiger partial charge in [-0.25, -0.2) is 0 Å². The molecule has 3 rings (SSSR count). The lowest BCUT2D eigenvalue weighted by atomic mass is 10.3. The number of hydrogen-bond acceptors (Lipinski definition) is 3. The van der Waals surface area contributed by atoms with Crippen LogP contribution in [0.15, 0.2) is 66.1 Å². The van der Waals surface area contributed by atoms with E-state index in [0.29, 0.717) is 5.75 Å². The van der Waals surface area contributed by atoms with Crippen LogP contribution < -0.4 is 10.00 Å². The maximum atomic E-state index is 12.1. The van der Waals surface area contributed by atoms with Gasteiger partial charge in [-0.05, 0) is 63.6 Å². The number of thioether (sulfide) groups is 1. The normalized spacial score (nSPS) is 10.5. The van der Waals surface area contributed by atoms with Crippen LogP contribution in [0.3, 0.4) is 0 Å². The summed E-state index contributed by atoms with van der Waals surface area (Å²) in [5.41, 5.74) is 1.81. The molecule has 0 aliphatic rings. The summed E-state index contributed by atoms with van der Waals surface area (Å²) in [7, 11) is 0. The molecule has 2 aromatic carbocycles. The second kappa shape index (κ2) is 7.60. The number of carbonyl (C=O) groups excluding carboxylic acids is 1. The van der Waals surface area contributed by atoms with E-state index in [-0.39, 0.29) is 5.91 Å². The van der Waals surface area contributed by atoms with Crippen LogP contribution in [0.5, 0.6) is 0 Å². The van der Waals surface area contributed by atoms with E-state index in [1.165, 1.54) is 11.8 Å². The molecule has 5 nitrogen and oxygen atoms in total. The number of H-pyrrole nitrogens is 1. The Bertz CT molecular complexity index is 807. The average Bonchev–Trinajstić information content (AvgIpc) is 3.04. The fourth-order valence-corrected chi connectivity index (χ4v) is 3.27. The molecule has 0 fully saturated rings. The van der Waals surface area contributed by atoms with E-state index in [1.807, 2.05) is 59.3 Å². The molecule has 1 aromatic heterocycles. The van der Waals surface area contributed by atoms with Gasteiger partial charge in [0, 0.05) is 3.57 Å². The van der Waals surface area contributed by atoms with Crippen molar-refractivity contribution in [3.05, 3.63) is 64.5 Å². The number of benzene rings is 2. The van der Waals surface area contributed by atoms with E-state index in [2.05, 4.69) is 38.0 Å². The number of carbonyl (C=O) groups is 1. The number of nitrogens with zero attached hydrogens (tertiary/aromatic N) is 2. The van der Waals surface area contributed by atoms with Crippen LogP contribution in [0.1, 0.15) is 0 Å². The summed E-state index contributed by atoms with van der Waals surface area (Å²) in [6, 6.07) is 17.5. The standard InChI is InChI=1S/C16H13IN4OS/c17-13-8-4-5-9-14(13)20-15(22)10-23-16-18-11-19-21(16)12-6-2-1-3-7-12/h1-9,11H,10H2,(H,20,22)/p+1. The zero-order valence-corrected chi connectivity index (χ0v) is 15.0. The smallest absolute Gasteiger partial charge is 0.324 e. The van der Waals surface area contributed by atoms with Gasteiger partial charge in [-0.2, -0.15) is 5.10 Å². The lowest BCUT2D eigenvalue weighted by Gasteiger charge is -2.05. The Labute approximate surface area is 151 Å². The third-order valence-electron chi connectivity index (χ3n) is 3.05. The quantitative estimate of drug-likeness (QED) is 0.367. The number of aromatic nitrogens is 3. The van der Waals surface area contributed by atoms with Crippen LogP contribution in [0.25, 0.3) is 5.69 Å². The summed E-state index contributed by atoms with van der Waals surface area (Å²) in [6.07, 6.45) is 1.62. The van der Waals surface area contributed by atoms with E-state index in [1.54, 1.807) is 6.33 Å². The lowest BCUT2D eigenvalue weighted by molar-refractivity contribution is -0.694. The molecule has 3 aromatic rings. The minimum Gasteiger partial charge on any atom is -0.324 e. The Morgan fingerprint density at radius 1 is 1.17 bits per heavy atom. The fourth-order valence-electron chi connectivity index (χ4n) is 2.00. The summed E-state index contributed by atoms with van der Waals surface area (Å²) < 4.78 is 2.87. The number of halogens is 1. The number of rotatable bonds is 5. The zero-order valence-electron chi connectivity index (χ0n) is 12.1. The highest BCUT2D eigenvalue weighted by molar-refractivity contribution is 14.1. The Morgan fingerprint density at radius 3 is 2.70 bits per heavy atom. The molecule has 0 bridgehead atoms. The molecule has 0 radical (unpaired) electrons. The molecular weight excluding hydrogens is 423 g/mol. The first-order valence-electron chi connectivity index (χ1n) is 6.92. The third-order valence-corrected chi connectivity index (χ3v) is 4.94. The molecule has 23 heavy (non-hydrogen) atoms. The molecule has 116 valence electrons. The van der Waals surface area contributed by atoms with Crippen molar-refractivity contribution in [2.45, 2.75) is 5.16 Å². The second-order valence-corrected chi connectivity index (χ2v) is 6.76. The number of nitrogens with one attached hydrogen (secondary N) is 2. The van der Waals surface area contributed by atoms with Gasteiger partial charge in [0.15, 0.2) is 5.69 Å². The van der Waals surface area contributed by atoms with Gasteiger partial charge in [0.1, 0.15) is 0 Å². The summed E-state index contributed by atoms with van der Waals surface area (Å²) in [6.45, 7) is 0. The number of para-hydroxylation sites is 2. The van der Waals surface area contributed by atoms with Crippen LogP contribution in [-0.2, 0) is 4.79 Å².